The van der Waals surface area contributed by atoms with Gasteiger partial charge in [-0.25, -0.2) is 9.48 Å². The van der Waals surface area contributed by atoms with Crippen molar-refractivity contribution in [2.75, 3.05) is 10.6 Å². The number of hydrogen-bond donors (Lipinski definition) is 3. The molecule has 4 N–H and O–H groups in total. The molecule has 3 rings (SSSR count). The minimum atomic E-state index is -0.404. The fourth-order valence-electron chi connectivity index (χ4n) is 2.95. The lowest BCUT2D eigenvalue weighted by Gasteiger charge is -2.14. The van der Waals surface area contributed by atoms with Crippen LogP contribution in [0.2, 0.25) is 0 Å². The van der Waals surface area contributed by atoms with Crippen LogP contribution >= 0.6 is 0 Å². The van der Waals surface area contributed by atoms with Crippen LogP contribution < -0.4 is 16.4 Å². The van der Waals surface area contributed by atoms with Gasteiger partial charge in [0.2, 0.25) is 5.91 Å². The zero-order valence-corrected chi connectivity index (χ0v) is 17.7. The quantitative estimate of drug-likeness (QED) is 0.594. The van der Waals surface area contributed by atoms with Gasteiger partial charge in [0.15, 0.2) is 0 Å². The Balaban J connectivity index is 1.91. The van der Waals surface area contributed by atoms with Crippen LogP contribution in [-0.4, -0.2) is 21.7 Å². The Hall–Kier alpha value is -3.61. The van der Waals surface area contributed by atoms with Gasteiger partial charge in [0.1, 0.15) is 5.82 Å². The summed E-state index contributed by atoms with van der Waals surface area (Å²) in [4.78, 5) is 23.9. The van der Waals surface area contributed by atoms with Crippen molar-refractivity contribution >= 4 is 23.4 Å². The molecule has 1 heterocycles. The maximum absolute atomic E-state index is 12.6. The van der Waals surface area contributed by atoms with Gasteiger partial charge in [-0.05, 0) is 36.8 Å². The summed E-state index contributed by atoms with van der Waals surface area (Å²) in [7, 11) is 0. The molecule has 0 unspecified atom stereocenters. The van der Waals surface area contributed by atoms with Crippen molar-refractivity contribution < 1.29 is 9.59 Å². The SMILES string of the molecule is Cc1ccc(NC(=O)Nc2cc(C(C)(C)C)nn2-c2cccc(CC(N)=O)c2)cc1. The fraction of sp³-hybridized carbons (Fsp3) is 0.261. The van der Waals surface area contributed by atoms with Crippen molar-refractivity contribution in [3.63, 3.8) is 0 Å². The highest BCUT2D eigenvalue weighted by Crippen LogP contribution is 2.27. The summed E-state index contributed by atoms with van der Waals surface area (Å²) in [5, 5.41) is 10.4. The first-order valence-corrected chi connectivity index (χ1v) is 9.74. The first kappa shape index (κ1) is 21.1. The second-order valence-electron chi connectivity index (χ2n) is 8.33. The van der Waals surface area contributed by atoms with Gasteiger partial charge in [-0.1, -0.05) is 50.6 Å². The predicted molar refractivity (Wildman–Crippen MR) is 119 cm³/mol. The monoisotopic (exact) mass is 405 g/mol. The van der Waals surface area contributed by atoms with Gasteiger partial charge >= 0.3 is 6.03 Å². The molecular weight excluding hydrogens is 378 g/mol. The third-order valence-electron chi connectivity index (χ3n) is 4.56. The second kappa shape index (κ2) is 8.41. The van der Waals surface area contributed by atoms with Crippen LogP contribution in [0, 0.1) is 6.92 Å². The molecule has 0 saturated carbocycles. The highest BCUT2D eigenvalue weighted by atomic mass is 16.2. The molecule has 0 spiro atoms. The zero-order chi connectivity index (χ0) is 21.9. The number of rotatable bonds is 5. The van der Waals surface area contributed by atoms with Gasteiger partial charge in [0, 0.05) is 17.2 Å². The average molecular weight is 406 g/mol. The van der Waals surface area contributed by atoms with Crippen LogP contribution in [0.1, 0.15) is 37.6 Å². The molecule has 0 bridgehead atoms. The van der Waals surface area contributed by atoms with Crippen molar-refractivity contribution in [3.8, 4) is 5.69 Å². The maximum atomic E-state index is 12.6. The molecule has 0 aliphatic rings. The Labute approximate surface area is 176 Å². The lowest BCUT2D eigenvalue weighted by atomic mass is 9.92. The number of nitrogens with two attached hydrogens (primary N) is 1. The summed E-state index contributed by atoms with van der Waals surface area (Å²) in [5.41, 5.74) is 9.27. The second-order valence-corrected chi connectivity index (χ2v) is 8.33. The van der Waals surface area contributed by atoms with Crippen LogP contribution in [0.3, 0.4) is 0 Å². The maximum Gasteiger partial charge on any atom is 0.324 e. The fourth-order valence-corrected chi connectivity index (χ4v) is 2.95. The summed E-state index contributed by atoms with van der Waals surface area (Å²) >= 11 is 0. The predicted octanol–water partition coefficient (Wildman–Crippen LogP) is 4.15. The van der Waals surface area contributed by atoms with E-state index in [0.29, 0.717) is 11.5 Å². The van der Waals surface area contributed by atoms with Gasteiger partial charge < -0.3 is 11.1 Å². The molecule has 3 aromatic rings. The molecule has 0 aliphatic carbocycles. The number of primary amides is 1. The van der Waals surface area contributed by atoms with Gasteiger partial charge in [-0.3, -0.25) is 10.1 Å². The Kier molecular flexibility index (Phi) is 5.91. The molecule has 1 aromatic heterocycles. The molecule has 3 amide bonds. The smallest absolute Gasteiger partial charge is 0.324 e. The molecule has 2 aromatic carbocycles. The highest BCUT2D eigenvalue weighted by Gasteiger charge is 2.21. The lowest BCUT2D eigenvalue weighted by Crippen LogP contribution is -2.21. The van der Waals surface area contributed by atoms with E-state index in [0.717, 1.165) is 22.5 Å². The molecule has 0 saturated heterocycles. The van der Waals surface area contributed by atoms with Gasteiger partial charge in [-0.2, -0.15) is 5.10 Å². The van der Waals surface area contributed by atoms with E-state index in [9.17, 15) is 9.59 Å². The van der Waals surface area contributed by atoms with E-state index in [1.807, 2.05) is 61.5 Å². The topological polar surface area (TPSA) is 102 Å². The lowest BCUT2D eigenvalue weighted by molar-refractivity contribution is -0.117. The highest BCUT2D eigenvalue weighted by molar-refractivity contribution is 5.99. The number of anilines is 2. The molecular formula is C23H27N5O2. The number of carbonyl (C=O) groups excluding carboxylic acids is 2. The molecule has 30 heavy (non-hydrogen) atoms. The van der Waals surface area contributed by atoms with Crippen molar-refractivity contribution in [2.24, 2.45) is 5.73 Å². The largest absolute Gasteiger partial charge is 0.369 e. The van der Waals surface area contributed by atoms with Crippen molar-refractivity contribution in [3.05, 3.63) is 71.4 Å². The van der Waals surface area contributed by atoms with E-state index in [4.69, 9.17) is 10.8 Å². The average Bonchev–Trinajstić information content (AvgIpc) is 3.07. The summed E-state index contributed by atoms with van der Waals surface area (Å²) < 4.78 is 1.67. The molecule has 7 nitrogen and oxygen atoms in total. The number of nitrogens with one attached hydrogen (secondary N) is 2. The number of aryl methyl sites for hydroxylation is 1. The van der Waals surface area contributed by atoms with Crippen molar-refractivity contribution in [2.45, 2.75) is 39.5 Å². The number of benzene rings is 2. The van der Waals surface area contributed by atoms with E-state index < -0.39 is 5.91 Å². The molecule has 156 valence electrons. The molecule has 0 radical (unpaired) electrons. The minimum Gasteiger partial charge on any atom is -0.369 e. The number of urea groups is 1. The summed E-state index contributed by atoms with van der Waals surface area (Å²) in [6, 6.07) is 16.4. The van der Waals surface area contributed by atoms with Crippen LogP contribution in [0.4, 0.5) is 16.3 Å². The Morgan fingerprint density at radius 1 is 1.03 bits per heavy atom. The number of nitrogens with zero attached hydrogens (tertiary/aromatic N) is 2. The number of aromatic nitrogens is 2. The normalized spacial score (nSPS) is 11.2. The van der Waals surface area contributed by atoms with Crippen LogP contribution in [0.5, 0.6) is 0 Å². The number of hydrogen-bond acceptors (Lipinski definition) is 3. The van der Waals surface area contributed by atoms with E-state index in [1.165, 1.54) is 0 Å². The Bertz CT molecular complexity index is 1060. The summed E-state index contributed by atoms with van der Waals surface area (Å²) in [6.45, 7) is 8.15. The van der Waals surface area contributed by atoms with E-state index >= 15 is 0 Å². The number of carbonyl (C=O) groups is 2. The zero-order valence-electron chi connectivity index (χ0n) is 17.7. The van der Waals surface area contributed by atoms with E-state index in [-0.39, 0.29) is 17.9 Å². The molecule has 0 fully saturated rings. The molecule has 0 atom stereocenters. The minimum absolute atomic E-state index is 0.137. The Morgan fingerprint density at radius 2 is 1.73 bits per heavy atom. The van der Waals surface area contributed by atoms with Crippen LogP contribution in [0.15, 0.2) is 54.6 Å². The van der Waals surface area contributed by atoms with Crippen LogP contribution in [-0.2, 0) is 16.6 Å². The molecule has 0 aliphatic heterocycles. The van der Waals surface area contributed by atoms with E-state index in [2.05, 4.69) is 31.4 Å². The van der Waals surface area contributed by atoms with Gasteiger partial charge in [-0.15, -0.1) is 0 Å². The number of amides is 3. The van der Waals surface area contributed by atoms with Crippen LogP contribution in [0.25, 0.3) is 5.69 Å². The van der Waals surface area contributed by atoms with Crippen molar-refractivity contribution in [1.29, 1.82) is 0 Å². The van der Waals surface area contributed by atoms with Gasteiger partial charge in [0.05, 0.1) is 17.8 Å². The van der Waals surface area contributed by atoms with Gasteiger partial charge in [0.25, 0.3) is 0 Å². The summed E-state index contributed by atoms with van der Waals surface area (Å²) in [6.07, 6.45) is 0.137. The molecule has 7 heteroatoms. The summed E-state index contributed by atoms with van der Waals surface area (Å²) in [5.74, 6) is 0.125. The Morgan fingerprint density at radius 3 is 2.37 bits per heavy atom. The standard InChI is InChI=1S/C23H27N5O2/c1-15-8-10-17(11-9-15)25-22(30)26-21-14-19(23(2,3)4)27-28(21)18-7-5-6-16(12-18)13-20(24)29/h5-12,14H,13H2,1-4H3,(H2,24,29)(H2,25,26,30). The van der Waals surface area contributed by atoms with Crippen molar-refractivity contribution in [1.82, 2.24) is 9.78 Å². The third-order valence-corrected chi connectivity index (χ3v) is 4.56. The first-order chi connectivity index (χ1) is 14.1. The third kappa shape index (κ3) is 5.26. The first-order valence-electron chi connectivity index (χ1n) is 9.74. The van der Waals surface area contributed by atoms with E-state index in [1.54, 1.807) is 4.68 Å².